The number of benzene rings is 1. The second kappa shape index (κ2) is 7.87. The van der Waals surface area contributed by atoms with E-state index in [2.05, 4.69) is 5.32 Å². The fraction of sp³-hybridized carbons (Fsp3) is 0.579. The van der Waals surface area contributed by atoms with Gasteiger partial charge in [0.15, 0.2) is 0 Å². The van der Waals surface area contributed by atoms with Gasteiger partial charge in [-0.25, -0.2) is 0 Å². The molecule has 1 aromatic rings. The van der Waals surface area contributed by atoms with E-state index in [1.54, 1.807) is 13.2 Å². The molecule has 0 bridgehead atoms. The molecule has 2 heterocycles. The number of hydrogen-bond acceptors (Lipinski definition) is 4. The van der Waals surface area contributed by atoms with Gasteiger partial charge in [0.05, 0.1) is 7.11 Å². The van der Waals surface area contributed by atoms with Gasteiger partial charge >= 0.3 is 0 Å². The molecule has 3 rings (SSSR count). The first kappa shape index (κ1) is 17.7. The first-order valence-electron chi connectivity index (χ1n) is 9.03. The minimum absolute atomic E-state index is 0.00265. The Morgan fingerprint density at radius 1 is 1.20 bits per heavy atom. The number of aryl methyl sites for hydroxylation is 1. The van der Waals surface area contributed by atoms with E-state index in [1.165, 1.54) is 0 Å². The molecule has 2 fully saturated rings. The maximum Gasteiger partial charge on any atom is 0.254 e. The van der Waals surface area contributed by atoms with Gasteiger partial charge in [0.1, 0.15) is 5.75 Å². The van der Waals surface area contributed by atoms with E-state index < -0.39 is 0 Å². The van der Waals surface area contributed by atoms with Crippen molar-refractivity contribution in [3.63, 3.8) is 0 Å². The van der Waals surface area contributed by atoms with Crippen LogP contribution in [0.4, 0.5) is 0 Å². The summed E-state index contributed by atoms with van der Waals surface area (Å²) in [5.41, 5.74) is 1.65. The Labute approximate surface area is 149 Å². The van der Waals surface area contributed by atoms with Crippen molar-refractivity contribution in [2.24, 2.45) is 0 Å². The van der Waals surface area contributed by atoms with Gasteiger partial charge in [-0.2, -0.15) is 0 Å². The first-order chi connectivity index (χ1) is 12.1. The molecule has 0 aromatic heterocycles. The summed E-state index contributed by atoms with van der Waals surface area (Å²) in [6.07, 6.45) is 2.81. The molecule has 1 aromatic carbocycles. The highest BCUT2D eigenvalue weighted by Crippen LogP contribution is 2.20. The van der Waals surface area contributed by atoms with E-state index in [-0.39, 0.29) is 11.8 Å². The van der Waals surface area contributed by atoms with Crippen molar-refractivity contribution in [1.82, 2.24) is 15.1 Å². The predicted octanol–water partition coefficient (Wildman–Crippen LogP) is 1.43. The number of carbonyl (C=O) groups is 2. The molecule has 2 aliphatic rings. The van der Waals surface area contributed by atoms with Crippen LogP contribution in [0.15, 0.2) is 18.2 Å². The molecule has 0 aliphatic carbocycles. The number of methoxy groups -OCH3 is 1. The van der Waals surface area contributed by atoms with Gasteiger partial charge in [0, 0.05) is 44.2 Å². The van der Waals surface area contributed by atoms with Crippen molar-refractivity contribution in [3.8, 4) is 5.75 Å². The number of hydrogen-bond donors (Lipinski definition) is 1. The van der Waals surface area contributed by atoms with E-state index in [0.29, 0.717) is 44.2 Å². The Hall–Kier alpha value is -2.08. The lowest BCUT2D eigenvalue weighted by Gasteiger charge is -2.35. The summed E-state index contributed by atoms with van der Waals surface area (Å²) in [6, 6.07) is 5.86. The van der Waals surface area contributed by atoms with Gasteiger partial charge < -0.3 is 19.9 Å². The fourth-order valence-electron chi connectivity index (χ4n) is 3.57. The summed E-state index contributed by atoms with van der Waals surface area (Å²) >= 11 is 0. The number of nitrogens with zero attached hydrogens (tertiary/aromatic N) is 2. The Kier molecular flexibility index (Phi) is 5.58. The zero-order valence-electron chi connectivity index (χ0n) is 15.1. The van der Waals surface area contributed by atoms with Gasteiger partial charge in [-0.15, -0.1) is 0 Å². The molecular weight excluding hydrogens is 318 g/mol. The van der Waals surface area contributed by atoms with Gasteiger partial charge in [0.2, 0.25) is 5.91 Å². The van der Waals surface area contributed by atoms with Crippen LogP contribution in [0.5, 0.6) is 5.75 Å². The summed E-state index contributed by atoms with van der Waals surface area (Å²) in [5.74, 6) is 0.926. The molecule has 2 amide bonds. The predicted molar refractivity (Wildman–Crippen MR) is 95.9 cm³/mol. The van der Waals surface area contributed by atoms with Crippen LogP contribution in [0.1, 0.15) is 35.2 Å². The maximum absolute atomic E-state index is 12.7. The number of piperazine rings is 1. The van der Waals surface area contributed by atoms with Crippen molar-refractivity contribution in [2.75, 3.05) is 39.8 Å². The van der Waals surface area contributed by atoms with E-state index >= 15 is 0 Å². The Morgan fingerprint density at radius 2 is 1.92 bits per heavy atom. The number of amides is 2. The van der Waals surface area contributed by atoms with E-state index in [4.69, 9.17) is 4.74 Å². The van der Waals surface area contributed by atoms with Crippen molar-refractivity contribution >= 4 is 11.8 Å². The van der Waals surface area contributed by atoms with Crippen molar-refractivity contribution < 1.29 is 14.3 Å². The monoisotopic (exact) mass is 345 g/mol. The van der Waals surface area contributed by atoms with Crippen LogP contribution in [0, 0.1) is 6.92 Å². The SMILES string of the molecule is COc1cc(C(=O)N2CCN(C(=O)CC3CCCN3)CC2)ccc1C. The lowest BCUT2D eigenvalue weighted by atomic mass is 10.1. The van der Waals surface area contributed by atoms with Crippen LogP contribution >= 0.6 is 0 Å². The molecule has 136 valence electrons. The topological polar surface area (TPSA) is 61.9 Å². The third-order valence-electron chi connectivity index (χ3n) is 5.16. The third kappa shape index (κ3) is 4.12. The molecular formula is C19H27N3O3. The quantitative estimate of drug-likeness (QED) is 0.897. The second-order valence-corrected chi connectivity index (χ2v) is 6.85. The molecule has 6 nitrogen and oxygen atoms in total. The zero-order valence-corrected chi connectivity index (χ0v) is 15.1. The number of ether oxygens (including phenoxy) is 1. The molecule has 0 radical (unpaired) electrons. The van der Waals surface area contributed by atoms with E-state index in [0.717, 1.165) is 30.7 Å². The summed E-state index contributed by atoms with van der Waals surface area (Å²) < 4.78 is 5.31. The van der Waals surface area contributed by atoms with Gasteiger partial charge in [-0.3, -0.25) is 9.59 Å². The molecule has 1 N–H and O–H groups in total. The minimum Gasteiger partial charge on any atom is -0.496 e. The summed E-state index contributed by atoms with van der Waals surface area (Å²) in [6.45, 7) is 5.36. The third-order valence-corrected chi connectivity index (χ3v) is 5.16. The lowest BCUT2D eigenvalue weighted by molar-refractivity contribution is -0.133. The molecule has 6 heteroatoms. The molecule has 25 heavy (non-hydrogen) atoms. The number of rotatable bonds is 4. The highest BCUT2D eigenvalue weighted by molar-refractivity contribution is 5.95. The lowest BCUT2D eigenvalue weighted by Crippen LogP contribution is -2.51. The highest BCUT2D eigenvalue weighted by atomic mass is 16.5. The van der Waals surface area contributed by atoms with Crippen LogP contribution in [-0.4, -0.2) is 67.5 Å². The van der Waals surface area contributed by atoms with Crippen LogP contribution in [-0.2, 0) is 4.79 Å². The molecule has 0 saturated carbocycles. The first-order valence-corrected chi connectivity index (χ1v) is 9.03. The number of carbonyl (C=O) groups excluding carboxylic acids is 2. The minimum atomic E-state index is 0.00265. The van der Waals surface area contributed by atoms with Crippen LogP contribution in [0.25, 0.3) is 0 Å². The maximum atomic E-state index is 12.7. The van der Waals surface area contributed by atoms with E-state index in [9.17, 15) is 9.59 Å². The molecule has 1 atom stereocenters. The number of nitrogens with one attached hydrogen (secondary N) is 1. The fourth-order valence-corrected chi connectivity index (χ4v) is 3.57. The van der Waals surface area contributed by atoms with Crippen LogP contribution in [0.2, 0.25) is 0 Å². The van der Waals surface area contributed by atoms with Crippen LogP contribution in [0.3, 0.4) is 0 Å². The molecule has 0 spiro atoms. The summed E-state index contributed by atoms with van der Waals surface area (Å²) in [5, 5.41) is 3.37. The second-order valence-electron chi connectivity index (χ2n) is 6.85. The zero-order chi connectivity index (χ0) is 17.8. The molecule has 2 saturated heterocycles. The van der Waals surface area contributed by atoms with E-state index in [1.807, 2.05) is 28.9 Å². The van der Waals surface area contributed by atoms with Gasteiger partial charge in [0.25, 0.3) is 5.91 Å². The Morgan fingerprint density at radius 3 is 2.56 bits per heavy atom. The van der Waals surface area contributed by atoms with Gasteiger partial charge in [-0.1, -0.05) is 6.07 Å². The van der Waals surface area contributed by atoms with Crippen molar-refractivity contribution in [3.05, 3.63) is 29.3 Å². The van der Waals surface area contributed by atoms with Crippen molar-refractivity contribution in [2.45, 2.75) is 32.2 Å². The molecule has 1 unspecified atom stereocenters. The van der Waals surface area contributed by atoms with Crippen molar-refractivity contribution in [1.29, 1.82) is 0 Å². The largest absolute Gasteiger partial charge is 0.496 e. The standard InChI is InChI=1S/C19H27N3O3/c1-14-5-6-15(12-17(14)25-2)19(24)22-10-8-21(9-11-22)18(23)13-16-4-3-7-20-16/h5-6,12,16,20H,3-4,7-11,13H2,1-2H3. The summed E-state index contributed by atoms with van der Waals surface area (Å²) in [4.78, 5) is 28.8. The normalized spacial score (nSPS) is 20.6. The molecule has 2 aliphatic heterocycles. The Bertz CT molecular complexity index is 633. The Balaban J connectivity index is 1.54. The average Bonchev–Trinajstić information content (AvgIpc) is 3.14. The smallest absolute Gasteiger partial charge is 0.254 e. The highest BCUT2D eigenvalue weighted by Gasteiger charge is 2.27. The van der Waals surface area contributed by atoms with Crippen LogP contribution < -0.4 is 10.1 Å². The van der Waals surface area contributed by atoms with Gasteiger partial charge in [-0.05, 0) is 44.0 Å². The summed E-state index contributed by atoms with van der Waals surface area (Å²) in [7, 11) is 1.61. The average molecular weight is 345 g/mol.